The highest BCUT2D eigenvalue weighted by molar-refractivity contribution is 6.51. The fourth-order valence-corrected chi connectivity index (χ4v) is 3.77. The van der Waals surface area contributed by atoms with E-state index in [1.54, 1.807) is 73.7 Å². The molecule has 32 heavy (non-hydrogen) atoms. The fraction of sp³-hybridized carbons (Fsp3) is 0.115. The molecule has 0 aromatic heterocycles. The van der Waals surface area contributed by atoms with Gasteiger partial charge in [-0.1, -0.05) is 60.7 Å². The molecule has 0 spiro atoms. The van der Waals surface area contributed by atoms with Crippen LogP contribution in [0.4, 0.5) is 5.69 Å². The van der Waals surface area contributed by atoms with Gasteiger partial charge >= 0.3 is 5.97 Å². The van der Waals surface area contributed by atoms with Crippen molar-refractivity contribution in [1.29, 1.82) is 0 Å². The van der Waals surface area contributed by atoms with E-state index in [2.05, 4.69) is 0 Å². The van der Waals surface area contributed by atoms with Gasteiger partial charge in [-0.3, -0.25) is 14.5 Å². The predicted octanol–water partition coefficient (Wildman–Crippen LogP) is 4.49. The number of aliphatic hydroxyl groups is 1. The number of Topliss-reactive ketones (excluding diaryl/α,β-unsaturated/α-hetero) is 1. The van der Waals surface area contributed by atoms with Crippen LogP contribution in [0.5, 0.6) is 0 Å². The number of esters is 1. The number of nitrogens with zero attached hydrogens (tertiary/aromatic N) is 1. The molecule has 1 aliphatic heterocycles. The Morgan fingerprint density at radius 3 is 2.06 bits per heavy atom. The lowest BCUT2D eigenvalue weighted by Crippen LogP contribution is -2.29. The third kappa shape index (κ3) is 3.78. The number of ether oxygens (including phenoxy) is 1. The Bertz CT molecular complexity index is 1180. The second-order valence-corrected chi connectivity index (χ2v) is 7.21. The van der Waals surface area contributed by atoms with Gasteiger partial charge in [0.05, 0.1) is 23.8 Å². The highest BCUT2D eigenvalue weighted by atomic mass is 16.5. The van der Waals surface area contributed by atoms with Crippen LogP contribution in [0.1, 0.15) is 34.5 Å². The second-order valence-electron chi connectivity index (χ2n) is 7.21. The lowest BCUT2D eigenvalue weighted by Gasteiger charge is -2.25. The maximum absolute atomic E-state index is 13.1. The maximum Gasteiger partial charge on any atom is 0.338 e. The molecule has 1 saturated heterocycles. The van der Waals surface area contributed by atoms with E-state index in [0.29, 0.717) is 22.4 Å². The first-order chi connectivity index (χ1) is 15.5. The molecule has 1 atom stereocenters. The molecule has 3 aromatic rings. The summed E-state index contributed by atoms with van der Waals surface area (Å²) >= 11 is 0. The highest BCUT2D eigenvalue weighted by Crippen LogP contribution is 2.42. The Morgan fingerprint density at radius 1 is 0.875 bits per heavy atom. The van der Waals surface area contributed by atoms with Crippen molar-refractivity contribution in [3.63, 3.8) is 0 Å². The molecule has 1 heterocycles. The number of aliphatic hydroxyl groups excluding tert-OH is 1. The third-order valence-corrected chi connectivity index (χ3v) is 5.26. The van der Waals surface area contributed by atoms with Gasteiger partial charge in [0.25, 0.3) is 11.7 Å². The van der Waals surface area contributed by atoms with Crippen molar-refractivity contribution in [2.45, 2.75) is 13.0 Å². The molecular formula is C26H21NO5. The standard InChI is InChI=1S/C26H21NO5/c1-2-32-26(31)19-13-15-20(16-14-19)27-22(17-9-5-3-6-10-17)21(24(29)25(27)30)23(28)18-11-7-4-8-12-18/h3-16,22,28H,2H2,1H3/t22-/m1/s1. The molecule has 6 nitrogen and oxygen atoms in total. The Hall–Kier alpha value is -4.19. The molecule has 1 amide bonds. The number of amides is 1. The molecule has 6 heteroatoms. The van der Waals surface area contributed by atoms with E-state index in [1.165, 1.54) is 4.90 Å². The number of rotatable bonds is 5. The molecule has 0 bridgehead atoms. The summed E-state index contributed by atoms with van der Waals surface area (Å²) in [4.78, 5) is 39.5. The van der Waals surface area contributed by atoms with E-state index in [-0.39, 0.29) is 17.9 Å². The molecular weight excluding hydrogens is 406 g/mol. The smallest absolute Gasteiger partial charge is 0.338 e. The van der Waals surface area contributed by atoms with Crippen LogP contribution in [-0.4, -0.2) is 29.4 Å². The Kier molecular flexibility index (Phi) is 5.85. The molecule has 3 aromatic carbocycles. The van der Waals surface area contributed by atoms with Gasteiger partial charge in [-0.2, -0.15) is 0 Å². The predicted molar refractivity (Wildman–Crippen MR) is 120 cm³/mol. The van der Waals surface area contributed by atoms with Crippen LogP contribution in [0.25, 0.3) is 5.76 Å². The summed E-state index contributed by atoms with van der Waals surface area (Å²) in [5, 5.41) is 11.0. The van der Waals surface area contributed by atoms with Crippen molar-refractivity contribution in [3.05, 3.63) is 107 Å². The van der Waals surface area contributed by atoms with Crippen molar-refractivity contribution in [2.75, 3.05) is 11.5 Å². The van der Waals surface area contributed by atoms with Crippen molar-refractivity contribution in [1.82, 2.24) is 0 Å². The van der Waals surface area contributed by atoms with Crippen LogP contribution < -0.4 is 4.90 Å². The van der Waals surface area contributed by atoms with Crippen molar-refractivity contribution >= 4 is 29.1 Å². The molecule has 0 radical (unpaired) electrons. The largest absolute Gasteiger partial charge is 0.507 e. The van der Waals surface area contributed by atoms with Gasteiger partial charge in [0.2, 0.25) is 0 Å². The van der Waals surface area contributed by atoms with Gasteiger partial charge in [-0.05, 0) is 36.8 Å². The fourth-order valence-electron chi connectivity index (χ4n) is 3.77. The molecule has 0 aliphatic carbocycles. The average Bonchev–Trinajstić information content (AvgIpc) is 3.10. The number of ketones is 1. The average molecular weight is 427 g/mol. The minimum atomic E-state index is -0.815. The van der Waals surface area contributed by atoms with Crippen LogP contribution >= 0.6 is 0 Å². The lowest BCUT2D eigenvalue weighted by molar-refractivity contribution is -0.132. The first-order valence-electron chi connectivity index (χ1n) is 10.2. The van der Waals surface area contributed by atoms with E-state index >= 15 is 0 Å². The van der Waals surface area contributed by atoms with Crippen LogP contribution in [0.15, 0.2) is 90.5 Å². The van der Waals surface area contributed by atoms with Crippen LogP contribution in [0.2, 0.25) is 0 Å². The minimum Gasteiger partial charge on any atom is -0.507 e. The van der Waals surface area contributed by atoms with E-state index < -0.39 is 23.7 Å². The van der Waals surface area contributed by atoms with Gasteiger partial charge in [-0.25, -0.2) is 4.79 Å². The summed E-state index contributed by atoms with van der Waals surface area (Å²) in [6.45, 7) is 1.97. The number of carbonyl (C=O) groups excluding carboxylic acids is 3. The Morgan fingerprint density at radius 2 is 1.47 bits per heavy atom. The second kappa shape index (κ2) is 8.89. The minimum absolute atomic E-state index is 0.0156. The van der Waals surface area contributed by atoms with Gasteiger partial charge in [0.1, 0.15) is 5.76 Å². The normalized spacial score (nSPS) is 17.4. The first-order valence-corrected chi connectivity index (χ1v) is 10.2. The first kappa shape index (κ1) is 21.1. The summed E-state index contributed by atoms with van der Waals surface area (Å²) in [7, 11) is 0. The topological polar surface area (TPSA) is 83.9 Å². The van der Waals surface area contributed by atoms with Crippen LogP contribution in [0, 0.1) is 0 Å². The van der Waals surface area contributed by atoms with Crippen LogP contribution in [-0.2, 0) is 14.3 Å². The van der Waals surface area contributed by atoms with Crippen molar-refractivity contribution in [3.8, 4) is 0 Å². The quantitative estimate of drug-likeness (QED) is 0.281. The maximum atomic E-state index is 13.1. The summed E-state index contributed by atoms with van der Waals surface area (Å²) in [5.41, 5.74) is 1.92. The number of anilines is 1. The molecule has 1 aliphatic rings. The summed E-state index contributed by atoms with van der Waals surface area (Å²) in [6, 6.07) is 23.2. The summed E-state index contributed by atoms with van der Waals surface area (Å²) in [6.07, 6.45) is 0. The van der Waals surface area contributed by atoms with E-state index in [0.717, 1.165) is 0 Å². The Balaban J connectivity index is 1.84. The van der Waals surface area contributed by atoms with E-state index in [4.69, 9.17) is 4.74 Å². The lowest BCUT2D eigenvalue weighted by atomic mass is 9.95. The van der Waals surface area contributed by atoms with Gasteiger partial charge in [-0.15, -0.1) is 0 Å². The monoisotopic (exact) mass is 427 g/mol. The number of carbonyl (C=O) groups is 3. The van der Waals surface area contributed by atoms with E-state index in [1.807, 2.05) is 18.2 Å². The summed E-state index contributed by atoms with van der Waals surface area (Å²) < 4.78 is 5.01. The SMILES string of the molecule is CCOC(=O)c1ccc(N2C(=O)C(=O)C(=C(O)c3ccccc3)[C@H]2c2ccccc2)cc1. The molecule has 0 saturated carbocycles. The van der Waals surface area contributed by atoms with Gasteiger partial charge in [0, 0.05) is 11.3 Å². The number of hydrogen-bond acceptors (Lipinski definition) is 5. The highest BCUT2D eigenvalue weighted by Gasteiger charge is 2.46. The van der Waals surface area contributed by atoms with Crippen LogP contribution in [0.3, 0.4) is 0 Å². The molecule has 1 fully saturated rings. The number of hydrogen-bond donors (Lipinski definition) is 1. The summed E-state index contributed by atoms with van der Waals surface area (Å²) in [5.74, 6) is -2.22. The zero-order valence-corrected chi connectivity index (χ0v) is 17.4. The molecule has 0 unspecified atom stereocenters. The van der Waals surface area contributed by atoms with Gasteiger partial charge in [0.15, 0.2) is 0 Å². The zero-order chi connectivity index (χ0) is 22.7. The number of benzene rings is 3. The Labute approximate surface area is 185 Å². The third-order valence-electron chi connectivity index (χ3n) is 5.26. The molecule has 160 valence electrons. The molecule has 1 N–H and O–H groups in total. The molecule has 4 rings (SSSR count). The zero-order valence-electron chi connectivity index (χ0n) is 17.4. The van der Waals surface area contributed by atoms with Crippen molar-refractivity contribution in [2.24, 2.45) is 0 Å². The van der Waals surface area contributed by atoms with E-state index in [9.17, 15) is 19.5 Å². The van der Waals surface area contributed by atoms with Gasteiger partial charge < -0.3 is 9.84 Å². The van der Waals surface area contributed by atoms with Crippen molar-refractivity contribution < 1.29 is 24.2 Å².